The number of hydrazone groups is 1. The molecule has 0 fully saturated rings. The Morgan fingerprint density at radius 2 is 1.74 bits per heavy atom. The third-order valence-electron chi connectivity index (χ3n) is 2.47. The fraction of sp³-hybridized carbons (Fsp3) is 0.500. The van der Waals surface area contributed by atoms with Crippen molar-refractivity contribution in [2.75, 3.05) is 0 Å². The molecule has 0 saturated heterocycles. The zero-order valence-electron chi connectivity index (χ0n) is 12.2. The van der Waals surface area contributed by atoms with Crippen LogP contribution < -0.4 is 4.83 Å². The molecule has 0 saturated carbocycles. The molecule has 0 spiro atoms. The van der Waals surface area contributed by atoms with Crippen molar-refractivity contribution in [2.45, 2.75) is 45.9 Å². The number of hydrogen-bond acceptors (Lipinski definition) is 3. The smallest absolute Gasteiger partial charge is 0.200 e. The molecule has 1 N–H and O–H groups in total. The Kier molecular flexibility index (Phi) is 4.74. The molecular weight excluding hydrogens is 260 g/mol. The highest BCUT2D eigenvalue weighted by Crippen LogP contribution is 2.19. The number of aryl methyl sites for hydroxylation is 1. The summed E-state index contributed by atoms with van der Waals surface area (Å²) in [6.45, 7) is 9.99. The molecule has 5 heteroatoms. The van der Waals surface area contributed by atoms with Gasteiger partial charge in [-0.15, -0.1) is 0 Å². The normalized spacial score (nSPS) is 13.4. The Hall–Kier alpha value is -1.36. The lowest BCUT2D eigenvalue weighted by Crippen LogP contribution is -2.21. The number of sulfonamides is 1. The average molecular weight is 282 g/mol. The van der Waals surface area contributed by atoms with Crippen molar-refractivity contribution in [1.29, 1.82) is 0 Å². The highest BCUT2D eigenvalue weighted by molar-refractivity contribution is 7.89. The molecule has 0 unspecified atom stereocenters. The number of hydrogen-bond donors (Lipinski definition) is 1. The minimum Gasteiger partial charge on any atom is -0.200 e. The maximum atomic E-state index is 12.0. The van der Waals surface area contributed by atoms with Gasteiger partial charge in [0.15, 0.2) is 0 Å². The Labute approximate surface area is 116 Å². The fourth-order valence-electron chi connectivity index (χ4n) is 1.72. The molecule has 19 heavy (non-hydrogen) atoms. The van der Waals surface area contributed by atoms with Crippen molar-refractivity contribution in [2.24, 2.45) is 10.5 Å². The summed E-state index contributed by atoms with van der Waals surface area (Å²) in [6.07, 6.45) is 0.740. The van der Waals surface area contributed by atoms with E-state index in [0.717, 1.165) is 17.7 Å². The molecule has 1 aromatic rings. The van der Waals surface area contributed by atoms with E-state index in [4.69, 9.17) is 0 Å². The van der Waals surface area contributed by atoms with Crippen LogP contribution in [0.1, 0.15) is 39.7 Å². The zero-order chi connectivity index (χ0) is 14.7. The van der Waals surface area contributed by atoms with E-state index in [1.165, 1.54) is 0 Å². The molecule has 1 aromatic carbocycles. The van der Waals surface area contributed by atoms with E-state index >= 15 is 0 Å². The highest BCUT2D eigenvalue weighted by Gasteiger charge is 2.14. The molecule has 0 amide bonds. The molecule has 0 aliphatic carbocycles. The van der Waals surface area contributed by atoms with Gasteiger partial charge >= 0.3 is 0 Å². The van der Waals surface area contributed by atoms with Crippen molar-refractivity contribution >= 4 is 15.7 Å². The van der Waals surface area contributed by atoms with E-state index in [2.05, 4.69) is 30.7 Å². The van der Waals surface area contributed by atoms with Gasteiger partial charge in [0.2, 0.25) is 0 Å². The summed E-state index contributed by atoms with van der Waals surface area (Å²) in [5.41, 5.74) is 1.87. The van der Waals surface area contributed by atoms with Crippen LogP contribution in [0.4, 0.5) is 0 Å². The molecule has 0 aliphatic rings. The number of benzene rings is 1. The molecule has 1 rings (SSSR count). The summed E-state index contributed by atoms with van der Waals surface area (Å²) in [5.74, 6) is 0. The van der Waals surface area contributed by atoms with E-state index in [9.17, 15) is 8.42 Å². The first-order valence-electron chi connectivity index (χ1n) is 6.22. The van der Waals surface area contributed by atoms with Gasteiger partial charge in [0, 0.05) is 5.71 Å². The summed E-state index contributed by atoms with van der Waals surface area (Å²) in [4.78, 5) is 2.50. The van der Waals surface area contributed by atoms with Gasteiger partial charge in [0.25, 0.3) is 10.0 Å². The lowest BCUT2D eigenvalue weighted by atomic mass is 9.90. The van der Waals surface area contributed by atoms with Gasteiger partial charge < -0.3 is 0 Å². The van der Waals surface area contributed by atoms with Crippen molar-refractivity contribution in [3.05, 3.63) is 29.8 Å². The molecule has 0 aliphatic heterocycles. The molecule has 4 nitrogen and oxygen atoms in total. The van der Waals surface area contributed by atoms with Gasteiger partial charge in [-0.05, 0) is 37.8 Å². The summed E-state index contributed by atoms with van der Waals surface area (Å²) in [6, 6.07) is 6.68. The Bertz CT molecular complexity index is 552. The van der Waals surface area contributed by atoms with E-state index in [1.807, 2.05) is 13.8 Å². The predicted octanol–water partition coefficient (Wildman–Crippen LogP) is 3.09. The van der Waals surface area contributed by atoms with Crippen LogP contribution in [0.3, 0.4) is 0 Å². The first-order valence-corrected chi connectivity index (χ1v) is 7.70. The minimum atomic E-state index is -3.57. The maximum Gasteiger partial charge on any atom is 0.276 e. The van der Waals surface area contributed by atoms with Crippen molar-refractivity contribution in [3.8, 4) is 0 Å². The average Bonchev–Trinajstić information content (AvgIpc) is 2.25. The van der Waals surface area contributed by atoms with Crippen molar-refractivity contribution < 1.29 is 8.42 Å². The second kappa shape index (κ2) is 5.74. The lowest BCUT2D eigenvalue weighted by molar-refractivity contribution is 0.432. The molecule has 0 atom stereocenters. The third kappa shape index (κ3) is 5.42. The summed E-state index contributed by atoms with van der Waals surface area (Å²) in [7, 11) is -3.57. The highest BCUT2D eigenvalue weighted by atomic mass is 32.2. The quantitative estimate of drug-likeness (QED) is 0.681. The summed E-state index contributed by atoms with van der Waals surface area (Å²) in [5, 5.41) is 3.96. The minimum absolute atomic E-state index is 0.0862. The van der Waals surface area contributed by atoms with Gasteiger partial charge in [0.1, 0.15) is 0 Å². The van der Waals surface area contributed by atoms with Crippen LogP contribution in [0.2, 0.25) is 0 Å². The topological polar surface area (TPSA) is 58.5 Å². The van der Waals surface area contributed by atoms with Crippen LogP contribution in [0, 0.1) is 12.3 Å². The summed E-state index contributed by atoms with van der Waals surface area (Å²) < 4.78 is 24.0. The molecule has 0 radical (unpaired) electrons. The predicted molar refractivity (Wildman–Crippen MR) is 78.7 cm³/mol. The molecular formula is C14H22N2O2S. The van der Waals surface area contributed by atoms with E-state index in [0.29, 0.717) is 0 Å². The molecule has 0 heterocycles. The van der Waals surface area contributed by atoms with Crippen LogP contribution in [-0.2, 0) is 10.0 Å². The van der Waals surface area contributed by atoms with Crippen LogP contribution in [0.5, 0.6) is 0 Å². The first kappa shape index (κ1) is 15.7. The Morgan fingerprint density at radius 3 is 2.21 bits per heavy atom. The van der Waals surface area contributed by atoms with E-state index < -0.39 is 10.0 Å². The van der Waals surface area contributed by atoms with Gasteiger partial charge in [0.05, 0.1) is 4.90 Å². The number of nitrogens with one attached hydrogen (secondary N) is 1. The standard InChI is InChI=1S/C14H22N2O2S/c1-11-6-8-13(9-7-11)19(17,18)16-15-12(2)10-14(3,4)5/h6-9,16H,10H2,1-5H3. The number of nitrogens with zero attached hydrogens (tertiary/aromatic N) is 1. The van der Waals surface area contributed by atoms with Crippen LogP contribution >= 0.6 is 0 Å². The first-order chi connectivity index (χ1) is 8.60. The van der Waals surface area contributed by atoms with Crippen molar-refractivity contribution in [1.82, 2.24) is 4.83 Å². The van der Waals surface area contributed by atoms with E-state index in [1.54, 1.807) is 24.3 Å². The lowest BCUT2D eigenvalue weighted by Gasteiger charge is -2.17. The Morgan fingerprint density at radius 1 is 1.21 bits per heavy atom. The van der Waals surface area contributed by atoms with Gasteiger partial charge in [-0.3, -0.25) is 0 Å². The van der Waals surface area contributed by atoms with Gasteiger partial charge in [-0.2, -0.15) is 13.5 Å². The third-order valence-corrected chi connectivity index (χ3v) is 3.70. The largest absolute Gasteiger partial charge is 0.276 e. The van der Waals surface area contributed by atoms with Crippen LogP contribution in [-0.4, -0.2) is 14.1 Å². The zero-order valence-corrected chi connectivity index (χ0v) is 13.0. The molecule has 0 bridgehead atoms. The van der Waals surface area contributed by atoms with E-state index in [-0.39, 0.29) is 10.3 Å². The second-order valence-electron chi connectivity index (χ2n) is 5.99. The number of rotatable bonds is 4. The van der Waals surface area contributed by atoms with Gasteiger partial charge in [-0.25, -0.2) is 4.83 Å². The summed E-state index contributed by atoms with van der Waals surface area (Å²) >= 11 is 0. The molecule has 106 valence electrons. The molecule has 0 aromatic heterocycles. The fourth-order valence-corrected chi connectivity index (χ4v) is 2.59. The maximum absolute atomic E-state index is 12.0. The second-order valence-corrected chi connectivity index (χ2v) is 7.65. The Balaban J connectivity index is 2.81. The van der Waals surface area contributed by atoms with Gasteiger partial charge in [-0.1, -0.05) is 38.5 Å². The van der Waals surface area contributed by atoms with Crippen LogP contribution in [0.25, 0.3) is 0 Å². The van der Waals surface area contributed by atoms with Crippen LogP contribution in [0.15, 0.2) is 34.3 Å². The monoisotopic (exact) mass is 282 g/mol. The van der Waals surface area contributed by atoms with Crippen molar-refractivity contribution in [3.63, 3.8) is 0 Å². The SMILES string of the molecule is CC(CC(C)(C)C)=NNS(=O)(=O)c1ccc(C)cc1.